The number of anilines is 1. The van der Waals surface area contributed by atoms with Crippen molar-refractivity contribution in [3.8, 4) is 0 Å². The minimum atomic E-state index is -4.29. The van der Waals surface area contributed by atoms with Crippen LogP contribution in [0.15, 0.2) is 59.6 Å². The van der Waals surface area contributed by atoms with Crippen molar-refractivity contribution in [2.45, 2.75) is 6.92 Å². The van der Waals surface area contributed by atoms with Crippen LogP contribution in [0.5, 0.6) is 0 Å². The third kappa shape index (κ3) is 12.1. The molecule has 8 nitrogen and oxygen atoms in total. The van der Waals surface area contributed by atoms with E-state index in [1.54, 1.807) is 54.6 Å². The summed E-state index contributed by atoms with van der Waals surface area (Å²) in [7, 11) is -2.91. The van der Waals surface area contributed by atoms with E-state index in [0.717, 1.165) is 10.2 Å². The van der Waals surface area contributed by atoms with E-state index in [1.165, 1.54) is 7.05 Å². The van der Waals surface area contributed by atoms with Gasteiger partial charge in [0.15, 0.2) is 0 Å². The first-order valence-corrected chi connectivity index (χ1v) is 9.10. The second kappa shape index (κ2) is 17.0. The Hall–Kier alpha value is 0.383. The van der Waals surface area contributed by atoms with Crippen LogP contribution in [0.25, 0.3) is 0 Å². The van der Waals surface area contributed by atoms with Gasteiger partial charge < -0.3 is 23.9 Å². The number of amides is 1. The summed E-state index contributed by atoms with van der Waals surface area (Å²) in [5, 5.41) is 0. The smallest absolute Gasteiger partial charge is 0.761 e. The Bertz CT molecular complexity index is 856. The van der Waals surface area contributed by atoms with Gasteiger partial charge in [0.2, 0.25) is 7.75 Å². The van der Waals surface area contributed by atoms with Crippen molar-refractivity contribution >= 4 is 31.7 Å². The Balaban J connectivity index is 0. The number of benzene rings is 2. The topological polar surface area (TPSA) is 116 Å². The monoisotopic (exact) mass is 466 g/mol. The van der Waals surface area contributed by atoms with Gasteiger partial charge in [-0.05, 0) is 24.6 Å². The summed E-state index contributed by atoms with van der Waals surface area (Å²) in [5.41, 5.74) is 1.90. The molecule has 1 amide bonds. The van der Waals surface area contributed by atoms with Gasteiger partial charge in [0.05, 0.1) is 0 Å². The molecule has 142 valence electrons. The molecule has 2 aromatic carbocycles. The van der Waals surface area contributed by atoms with E-state index in [2.05, 4.69) is 11.2 Å². The van der Waals surface area contributed by atoms with E-state index in [0.29, 0.717) is 11.3 Å². The fourth-order valence-corrected chi connectivity index (χ4v) is 2.66. The number of rotatable bonds is 6. The fourth-order valence-electron chi connectivity index (χ4n) is 1.85. The van der Waals surface area contributed by atoms with Crippen molar-refractivity contribution in [2.75, 3.05) is 18.3 Å². The summed E-state index contributed by atoms with van der Waals surface area (Å²) >= 11 is 0. The van der Waals surface area contributed by atoms with Gasteiger partial charge in [0.25, 0.3) is 0 Å². The zero-order valence-corrected chi connectivity index (χ0v) is 23.8. The summed E-state index contributed by atoms with van der Waals surface area (Å²) < 4.78 is 17.9. The maximum absolute atomic E-state index is 12.0. The first kappa shape index (κ1) is 31.6. The van der Waals surface area contributed by atoms with Crippen LogP contribution in [-0.4, -0.2) is 31.9 Å². The first-order valence-electron chi connectivity index (χ1n) is 7.60. The average molecular weight is 467 g/mol. The predicted molar refractivity (Wildman–Crippen MR) is 96.4 cm³/mol. The fraction of sp³-hybridized carbons (Fsp3) is 0.167. The maximum atomic E-state index is 12.0. The molecule has 0 N–H and O–H groups in total. The number of carbonyl (C=O) groups is 1. The quantitative estimate of drug-likeness (QED) is 0.185. The van der Waals surface area contributed by atoms with Crippen LogP contribution in [0, 0.1) is 6.92 Å². The molecule has 2 rings (SSSR count). The Morgan fingerprint density at radius 2 is 1.66 bits per heavy atom. The minimum Gasteiger partial charge on any atom is -0.761 e. The van der Waals surface area contributed by atoms with Gasteiger partial charge in [0, 0.05) is 19.3 Å². The predicted octanol–water partition coefficient (Wildman–Crippen LogP) is -3.87. The normalized spacial score (nSPS) is 11.6. The van der Waals surface area contributed by atoms with Gasteiger partial charge in [-0.25, -0.2) is 0 Å². The molecule has 0 aliphatic heterocycles. The molecule has 11 heteroatoms. The average Bonchev–Trinajstić information content (AvgIpc) is 2.66. The molecular formula is C18H17K2N2O6P. The van der Waals surface area contributed by atoms with Crippen molar-refractivity contribution < 1.29 is 131 Å². The Kier molecular flexibility index (Phi) is 18.5. The van der Waals surface area contributed by atoms with Crippen molar-refractivity contribution in [1.82, 2.24) is 0 Å². The largest absolute Gasteiger partial charge is 1.00 e. The third-order valence-electron chi connectivity index (χ3n) is 3.27. The number of hydrogen-bond acceptors (Lipinski definition) is 6. The zero-order chi connectivity index (χ0) is 20.3. The molecule has 0 aromatic heterocycles. The van der Waals surface area contributed by atoms with Crippen LogP contribution in [0.1, 0.15) is 15.9 Å². The molecule has 0 bridgehead atoms. The Morgan fingerprint density at radius 3 is 2.17 bits per heavy atom. The molecule has 0 aliphatic carbocycles. The number of aryl methyl sites for hydroxylation is 1. The van der Waals surface area contributed by atoms with E-state index in [4.69, 9.17) is 14.1 Å². The Morgan fingerprint density at radius 1 is 1.14 bits per heavy atom. The van der Waals surface area contributed by atoms with Crippen molar-refractivity contribution in [1.29, 1.82) is 0 Å². The summed E-state index contributed by atoms with van der Waals surface area (Å²) in [6.45, 7) is 1.47. The maximum Gasteiger partial charge on any atom is 1.00 e. The van der Waals surface area contributed by atoms with E-state index >= 15 is 0 Å². The summed E-state index contributed by atoms with van der Waals surface area (Å²) in [6.07, 6.45) is 2.57. The molecular weight excluding hydrogens is 449 g/mol. The van der Waals surface area contributed by atoms with Crippen LogP contribution in [0.4, 0.5) is 5.69 Å². The van der Waals surface area contributed by atoms with E-state index in [-0.39, 0.29) is 109 Å². The van der Waals surface area contributed by atoms with Gasteiger partial charge >= 0.3 is 109 Å². The molecule has 0 saturated heterocycles. The van der Waals surface area contributed by atoms with Gasteiger partial charge in [-0.1, -0.05) is 48.0 Å². The van der Waals surface area contributed by atoms with Crippen LogP contribution in [0.3, 0.4) is 0 Å². The number of hydrogen-bond donors (Lipinski definition) is 0. The summed E-state index contributed by atoms with van der Waals surface area (Å²) in [6, 6.07) is 15.4. The molecule has 0 radical (unpaired) electrons. The molecule has 2 aromatic rings. The van der Waals surface area contributed by atoms with Crippen LogP contribution in [-0.2, 0) is 18.7 Å². The van der Waals surface area contributed by atoms with E-state index in [9.17, 15) is 14.3 Å². The van der Waals surface area contributed by atoms with Gasteiger partial charge in [-0.15, -0.1) is 6.21 Å². The molecule has 1 unspecified atom stereocenters. The van der Waals surface area contributed by atoms with E-state index < -0.39 is 20.3 Å². The standard InChI is InChI=1S/C17H18N2O4P.CO2.2K/c1-14-8-10-15(11-9-14)17(20)18-12-13-23-24(21,22)19(2)16-6-4-3-5-7-16;2-1-3;;/h3-11H,13H2,1-2H3,(H,21,22);;;/q-1;;2*+1/p-1. The summed E-state index contributed by atoms with van der Waals surface area (Å²) in [4.78, 5) is 43.7. The Labute approximate surface area is 254 Å². The van der Waals surface area contributed by atoms with Gasteiger partial charge in [0.1, 0.15) is 5.91 Å². The first-order chi connectivity index (χ1) is 12.8. The van der Waals surface area contributed by atoms with Crippen molar-refractivity contribution in [3.05, 3.63) is 65.7 Å². The number of nitrogens with zero attached hydrogens (tertiary/aromatic N) is 2. The van der Waals surface area contributed by atoms with Crippen LogP contribution >= 0.6 is 7.75 Å². The SMILES string of the molecule is Cc1ccc(C(=O)N=[C-]COP(=O)([O-])N(C)c2ccccc2)cc1.O=C=O.[K+].[K+]. The van der Waals surface area contributed by atoms with Gasteiger partial charge in [-0.2, -0.15) is 9.59 Å². The second-order valence-electron chi connectivity index (χ2n) is 5.13. The number of para-hydroxylation sites is 1. The number of carbonyl (C=O) groups excluding carboxylic acids is 3. The molecule has 1 atom stereocenters. The molecule has 0 fully saturated rings. The molecule has 0 aliphatic rings. The van der Waals surface area contributed by atoms with Crippen molar-refractivity contribution in [3.63, 3.8) is 0 Å². The van der Waals surface area contributed by atoms with Gasteiger partial charge in [-0.3, -0.25) is 4.57 Å². The second-order valence-corrected chi connectivity index (χ2v) is 6.92. The summed E-state index contributed by atoms with van der Waals surface area (Å²) in [5.74, 6) is -0.504. The van der Waals surface area contributed by atoms with Crippen LogP contribution in [0.2, 0.25) is 0 Å². The molecule has 0 heterocycles. The molecule has 0 saturated carbocycles. The van der Waals surface area contributed by atoms with E-state index in [1.807, 2.05) is 6.92 Å². The number of aliphatic imine (C=N–C) groups is 1. The minimum absolute atomic E-state index is 0. The third-order valence-corrected chi connectivity index (χ3v) is 4.69. The molecule has 29 heavy (non-hydrogen) atoms. The zero-order valence-electron chi connectivity index (χ0n) is 16.7. The van der Waals surface area contributed by atoms with Crippen molar-refractivity contribution in [2.24, 2.45) is 4.99 Å². The molecule has 0 spiro atoms. The van der Waals surface area contributed by atoms with Crippen LogP contribution < -0.4 is 112 Å².